The maximum Gasteiger partial charge on any atom is 0.130 e. The van der Waals surface area contributed by atoms with Crippen LogP contribution >= 0.6 is 11.8 Å². The van der Waals surface area contributed by atoms with Gasteiger partial charge >= 0.3 is 0 Å². The largest absolute Gasteiger partial charge is 0.319 e. The highest BCUT2D eigenvalue weighted by atomic mass is 32.2. The monoisotopic (exact) mass is 161 g/mol. The molecule has 0 amide bonds. The number of rotatable bonds is 6. The van der Waals surface area contributed by atoms with Crippen LogP contribution in [0.4, 0.5) is 0 Å². The molecule has 60 valence electrons. The van der Waals surface area contributed by atoms with Crippen LogP contribution in [0, 0.1) is 0 Å². The maximum absolute atomic E-state index is 10.4. The first-order valence-corrected chi connectivity index (χ1v) is 4.64. The van der Waals surface area contributed by atoms with E-state index < -0.39 is 0 Å². The van der Waals surface area contributed by atoms with Crippen molar-refractivity contribution in [3.05, 3.63) is 0 Å². The molecule has 0 aromatic carbocycles. The van der Waals surface area contributed by atoms with E-state index in [9.17, 15) is 4.79 Å². The molecule has 3 heteroatoms. The predicted octanol–water partition coefficient (Wildman–Crippen LogP) is 0.918. The summed E-state index contributed by atoms with van der Waals surface area (Å²) in [6.07, 6.45) is 0.717. The van der Waals surface area contributed by atoms with Crippen LogP contribution in [0.3, 0.4) is 0 Å². The molecule has 0 aliphatic rings. The van der Waals surface area contributed by atoms with Crippen LogP contribution < -0.4 is 5.32 Å². The lowest BCUT2D eigenvalue weighted by Gasteiger charge is -1.97. The average molecular weight is 161 g/mol. The summed E-state index contributed by atoms with van der Waals surface area (Å²) in [7, 11) is 1.94. The van der Waals surface area contributed by atoms with Crippen LogP contribution in [0.5, 0.6) is 0 Å². The Labute approximate surface area is 66.8 Å². The third-order valence-corrected chi connectivity index (χ3v) is 2.08. The van der Waals surface area contributed by atoms with E-state index in [-0.39, 0.29) is 5.78 Å². The summed E-state index contributed by atoms with van der Waals surface area (Å²) in [4.78, 5) is 10.4. The third kappa shape index (κ3) is 7.98. The molecule has 0 bridgehead atoms. The number of Topliss-reactive ketones (excluding diaryl/α,β-unsaturated/α-hetero) is 1. The van der Waals surface area contributed by atoms with Gasteiger partial charge in [-0.1, -0.05) is 0 Å². The van der Waals surface area contributed by atoms with E-state index in [1.54, 1.807) is 6.92 Å². The lowest BCUT2D eigenvalue weighted by atomic mass is 10.4. The van der Waals surface area contributed by atoms with Crippen LogP contribution in [0.25, 0.3) is 0 Å². The summed E-state index contributed by atoms with van der Waals surface area (Å²) in [6.45, 7) is 2.67. The summed E-state index contributed by atoms with van der Waals surface area (Å²) < 4.78 is 0. The molecule has 0 aromatic heterocycles. The average Bonchev–Trinajstić information content (AvgIpc) is 1.87. The zero-order chi connectivity index (χ0) is 7.82. The fourth-order valence-electron chi connectivity index (χ4n) is 0.492. The van der Waals surface area contributed by atoms with Gasteiger partial charge in [-0.2, -0.15) is 11.8 Å². The van der Waals surface area contributed by atoms with E-state index in [0.717, 1.165) is 18.1 Å². The van der Waals surface area contributed by atoms with Gasteiger partial charge in [-0.05, 0) is 14.0 Å². The van der Waals surface area contributed by atoms with Crippen LogP contribution in [0.15, 0.2) is 0 Å². The van der Waals surface area contributed by atoms with E-state index in [1.165, 1.54) is 0 Å². The molecular weight excluding hydrogens is 146 g/mol. The molecule has 0 atom stereocenters. The van der Waals surface area contributed by atoms with Crippen molar-refractivity contribution >= 4 is 17.5 Å². The minimum atomic E-state index is 0.289. The second-order valence-electron chi connectivity index (χ2n) is 2.17. The molecule has 0 spiro atoms. The highest BCUT2D eigenvalue weighted by molar-refractivity contribution is 7.99. The number of carbonyl (C=O) groups excluding carboxylic acids is 1. The Hall–Kier alpha value is -0.0200. The number of ketones is 1. The van der Waals surface area contributed by atoms with Crippen molar-refractivity contribution in [1.82, 2.24) is 5.32 Å². The van der Waals surface area contributed by atoms with Gasteiger partial charge in [-0.25, -0.2) is 0 Å². The first-order valence-electron chi connectivity index (χ1n) is 3.49. The smallest absolute Gasteiger partial charge is 0.130 e. The molecule has 0 heterocycles. The van der Waals surface area contributed by atoms with E-state index in [4.69, 9.17) is 0 Å². The van der Waals surface area contributed by atoms with Gasteiger partial charge in [-0.15, -0.1) is 0 Å². The zero-order valence-electron chi connectivity index (χ0n) is 6.64. The predicted molar refractivity (Wildman–Crippen MR) is 46.5 cm³/mol. The number of hydrogen-bond acceptors (Lipinski definition) is 3. The molecule has 0 saturated heterocycles. The molecule has 0 aliphatic heterocycles. The molecule has 0 radical (unpaired) electrons. The van der Waals surface area contributed by atoms with Crippen molar-refractivity contribution < 1.29 is 4.79 Å². The maximum atomic E-state index is 10.4. The lowest BCUT2D eigenvalue weighted by molar-refractivity contribution is -0.116. The minimum Gasteiger partial charge on any atom is -0.319 e. The molecule has 0 fully saturated rings. The quantitative estimate of drug-likeness (QED) is 0.587. The van der Waals surface area contributed by atoms with Crippen molar-refractivity contribution in [3.63, 3.8) is 0 Å². The first-order chi connectivity index (χ1) is 4.77. The number of thioether (sulfide) groups is 1. The zero-order valence-corrected chi connectivity index (χ0v) is 7.46. The first kappa shape index (κ1) is 9.98. The Kier molecular flexibility index (Phi) is 7.08. The fraction of sp³-hybridized carbons (Fsp3) is 0.857. The second-order valence-corrected chi connectivity index (χ2v) is 3.39. The van der Waals surface area contributed by atoms with Gasteiger partial charge in [0, 0.05) is 24.5 Å². The Morgan fingerprint density at radius 3 is 2.70 bits per heavy atom. The Balaban J connectivity index is 2.84. The fourth-order valence-corrected chi connectivity index (χ4v) is 1.48. The Morgan fingerprint density at radius 2 is 2.20 bits per heavy atom. The van der Waals surface area contributed by atoms with Crippen molar-refractivity contribution in [3.8, 4) is 0 Å². The number of hydrogen-bond donors (Lipinski definition) is 1. The van der Waals surface area contributed by atoms with E-state index in [2.05, 4.69) is 5.32 Å². The van der Waals surface area contributed by atoms with Crippen molar-refractivity contribution in [2.45, 2.75) is 13.3 Å². The highest BCUT2D eigenvalue weighted by Crippen LogP contribution is 2.00. The summed E-state index contributed by atoms with van der Waals surface area (Å²) in [6, 6.07) is 0. The molecule has 0 unspecified atom stereocenters. The van der Waals surface area contributed by atoms with Gasteiger partial charge in [0.15, 0.2) is 0 Å². The normalized spacial score (nSPS) is 9.80. The molecule has 0 saturated carbocycles. The number of carbonyl (C=O) groups is 1. The van der Waals surface area contributed by atoms with Gasteiger partial charge in [0.25, 0.3) is 0 Å². The molecular formula is C7H15NOS. The molecule has 2 nitrogen and oxygen atoms in total. The minimum absolute atomic E-state index is 0.289. The standard InChI is InChI=1S/C7H15NOS/c1-7(9)3-5-10-6-4-8-2/h8H,3-6H2,1-2H3. The van der Waals surface area contributed by atoms with Crippen LogP contribution in [-0.4, -0.2) is 30.9 Å². The molecule has 0 aliphatic carbocycles. The second kappa shape index (κ2) is 7.09. The van der Waals surface area contributed by atoms with Gasteiger partial charge in [0.05, 0.1) is 0 Å². The summed E-state index contributed by atoms with van der Waals surface area (Å²) in [5, 5.41) is 3.05. The third-order valence-electron chi connectivity index (χ3n) is 1.09. The van der Waals surface area contributed by atoms with Gasteiger partial charge < -0.3 is 5.32 Å². The highest BCUT2D eigenvalue weighted by Gasteiger charge is 1.92. The van der Waals surface area contributed by atoms with E-state index >= 15 is 0 Å². The van der Waals surface area contributed by atoms with Crippen LogP contribution in [0.2, 0.25) is 0 Å². The van der Waals surface area contributed by atoms with Crippen LogP contribution in [0.1, 0.15) is 13.3 Å². The summed E-state index contributed by atoms with van der Waals surface area (Å²) in [5.74, 6) is 2.36. The summed E-state index contributed by atoms with van der Waals surface area (Å²) in [5.41, 5.74) is 0. The van der Waals surface area contributed by atoms with E-state index in [1.807, 2.05) is 18.8 Å². The molecule has 10 heavy (non-hydrogen) atoms. The van der Waals surface area contributed by atoms with E-state index in [0.29, 0.717) is 6.42 Å². The molecule has 0 aromatic rings. The van der Waals surface area contributed by atoms with Crippen molar-refractivity contribution in [2.24, 2.45) is 0 Å². The summed E-state index contributed by atoms with van der Waals surface area (Å²) >= 11 is 1.82. The van der Waals surface area contributed by atoms with Crippen molar-refractivity contribution in [1.29, 1.82) is 0 Å². The lowest BCUT2D eigenvalue weighted by Crippen LogP contribution is -2.10. The van der Waals surface area contributed by atoms with Crippen molar-refractivity contribution in [2.75, 3.05) is 25.1 Å². The number of nitrogens with one attached hydrogen (secondary N) is 1. The topological polar surface area (TPSA) is 29.1 Å². The SMILES string of the molecule is CNCCSCCC(C)=O. The van der Waals surface area contributed by atoms with Gasteiger partial charge in [0.2, 0.25) is 0 Å². The van der Waals surface area contributed by atoms with Crippen LogP contribution in [-0.2, 0) is 4.79 Å². The molecule has 1 N–H and O–H groups in total. The van der Waals surface area contributed by atoms with Gasteiger partial charge in [-0.3, -0.25) is 4.79 Å². The molecule has 0 rings (SSSR count). The van der Waals surface area contributed by atoms with Gasteiger partial charge in [0.1, 0.15) is 5.78 Å². The Morgan fingerprint density at radius 1 is 1.50 bits per heavy atom. The Bertz CT molecular complexity index is 95.6.